The van der Waals surface area contributed by atoms with Gasteiger partial charge in [0.15, 0.2) is 12.4 Å². The van der Waals surface area contributed by atoms with Crippen LogP contribution in [0.1, 0.15) is 0 Å². The molecule has 0 bridgehead atoms. The van der Waals surface area contributed by atoms with Crippen LogP contribution in [0.2, 0.25) is 0 Å². The second kappa shape index (κ2) is 5.55. The lowest BCUT2D eigenvalue weighted by molar-refractivity contribution is -0.289. The Morgan fingerprint density at radius 2 is 1.69 bits per heavy atom. The van der Waals surface area contributed by atoms with E-state index in [9.17, 15) is 15.0 Å². The van der Waals surface area contributed by atoms with Gasteiger partial charge in [0, 0.05) is 14.2 Å². The molecule has 0 aromatic heterocycles. The summed E-state index contributed by atoms with van der Waals surface area (Å²) in [6.07, 6.45) is -5.62. The van der Waals surface area contributed by atoms with E-state index in [-0.39, 0.29) is 0 Å². The van der Waals surface area contributed by atoms with E-state index in [0.717, 1.165) is 7.11 Å². The minimum atomic E-state index is -1.36. The molecule has 0 aromatic rings. The molecule has 7 nitrogen and oxygen atoms in total. The summed E-state index contributed by atoms with van der Waals surface area (Å²) in [7, 11) is 3.84. The zero-order chi connectivity index (χ0) is 12.3. The van der Waals surface area contributed by atoms with E-state index < -0.39 is 36.7 Å². The van der Waals surface area contributed by atoms with Crippen molar-refractivity contribution in [2.75, 3.05) is 21.3 Å². The zero-order valence-corrected chi connectivity index (χ0v) is 9.32. The van der Waals surface area contributed by atoms with Crippen LogP contribution in [-0.2, 0) is 23.7 Å². The van der Waals surface area contributed by atoms with Crippen LogP contribution in [0.15, 0.2) is 0 Å². The highest BCUT2D eigenvalue weighted by molar-refractivity contribution is 5.75. The van der Waals surface area contributed by atoms with Gasteiger partial charge in [0.05, 0.1) is 7.11 Å². The number of rotatable bonds is 3. The summed E-state index contributed by atoms with van der Waals surface area (Å²) < 4.78 is 19.3. The molecule has 7 heteroatoms. The number of carbonyl (C=O) groups excluding carboxylic acids is 1. The van der Waals surface area contributed by atoms with E-state index in [1.165, 1.54) is 14.2 Å². The zero-order valence-electron chi connectivity index (χ0n) is 9.32. The Labute approximate surface area is 92.9 Å². The van der Waals surface area contributed by atoms with Gasteiger partial charge < -0.3 is 29.2 Å². The van der Waals surface area contributed by atoms with Crippen molar-refractivity contribution in [2.45, 2.75) is 30.7 Å². The van der Waals surface area contributed by atoms with Crippen molar-refractivity contribution >= 4 is 5.97 Å². The number of esters is 1. The van der Waals surface area contributed by atoms with E-state index in [4.69, 9.17) is 14.2 Å². The lowest BCUT2D eigenvalue weighted by Crippen LogP contribution is -2.61. The summed E-state index contributed by atoms with van der Waals surface area (Å²) in [5, 5.41) is 19.4. The van der Waals surface area contributed by atoms with Gasteiger partial charge in [-0.25, -0.2) is 4.79 Å². The number of carbonyl (C=O) groups is 1. The number of aliphatic hydroxyl groups is 2. The summed E-state index contributed by atoms with van der Waals surface area (Å²) in [5.41, 5.74) is 0. The second-order valence-electron chi connectivity index (χ2n) is 3.36. The molecule has 0 amide bonds. The molecule has 1 aliphatic rings. The molecule has 1 saturated heterocycles. The molecule has 0 spiro atoms. The van der Waals surface area contributed by atoms with Crippen LogP contribution in [0.3, 0.4) is 0 Å². The molecule has 0 saturated carbocycles. The van der Waals surface area contributed by atoms with Crippen LogP contribution < -0.4 is 0 Å². The minimum absolute atomic E-state index is 0.775. The molecular formula is C9H16O7. The highest BCUT2D eigenvalue weighted by Gasteiger charge is 2.48. The molecular weight excluding hydrogens is 220 g/mol. The first kappa shape index (κ1) is 13.3. The van der Waals surface area contributed by atoms with Crippen molar-refractivity contribution in [3.8, 4) is 0 Å². The largest absolute Gasteiger partial charge is 0.467 e. The van der Waals surface area contributed by atoms with Crippen LogP contribution in [0.4, 0.5) is 0 Å². The Kier molecular flexibility index (Phi) is 4.63. The number of ether oxygens (including phenoxy) is 4. The van der Waals surface area contributed by atoms with E-state index in [0.29, 0.717) is 0 Å². The van der Waals surface area contributed by atoms with Gasteiger partial charge in [-0.1, -0.05) is 0 Å². The SMILES string of the molecule is COC(=O)[C@@H]1O[C@@H](O)C(OC)C(OC)[C@@H]1O. The maximum atomic E-state index is 11.3. The Hall–Kier alpha value is -0.730. The molecule has 2 unspecified atom stereocenters. The van der Waals surface area contributed by atoms with Gasteiger partial charge in [0.25, 0.3) is 0 Å². The van der Waals surface area contributed by atoms with Crippen LogP contribution in [-0.4, -0.2) is 68.2 Å². The van der Waals surface area contributed by atoms with E-state index in [1.54, 1.807) is 0 Å². The summed E-state index contributed by atoms with van der Waals surface area (Å²) >= 11 is 0. The van der Waals surface area contributed by atoms with Gasteiger partial charge in [-0.2, -0.15) is 0 Å². The first-order chi connectivity index (χ1) is 7.56. The van der Waals surface area contributed by atoms with Gasteiger partial charge in [-0.15, -0.1) is 0 Å². The molecule has 1 heterocycles. The topological polar surface area (TPSA) is 94.5 Å². The Morgan fingerprint density at radius 1 is 1.12 bits per heavy atom. The lowest BCUT2D eigenvalue weighted by atomic mass is 9.98. The maximum Gasteiger partial charge on any atom is 0.337 e. The third-order valence-corrected chi connectivity index (χ3v) is 2.52. The quantitative estimate of drug-likeness (QED) is 0.562. The number of aliphatic hydroxyl groups excluding tert-OH is 2. The van der Waals surface area contributed by atoms with Crippen molar-refractivity contribution < 1.29 is 34.0 Å². The lowest BCUT2D eigenvalue weighted by Gasteiger charge is -2.40. The number of hydrogen-bond acceptors (Lipinski definition) is 7. The minimum Gasteiger partial charge on any atom is -0.467 e. The summed E-state index contributed by atoms with van der Waals surface area (Å²) in [5.74, 6) is -0.775. The highest BCUT2D eigenvalue weighted by atomic mass is 16.7. The average Bonchev–Trinajstić information content (AvgIpc) is 2.29. The van der Waals surface area contributed by atoms with Gasteiger partial charge in [-0.05, 0) is 0 Å². The summed E-state index contributed by atoms with van der Waals surface area (Å²) in [4.78, 5) is 11.3. The fourth-order valence-corrected chi connectivity index (χ4v) is 1.67. The fraction of sp³-hybridized carbons (Fsp3) is 0.889. The standard InChI is InChI=1S/C9H16O7/c1-13-5-4(10)6(8(11)15-3)16-9(12)7(5)14-2/h4-7,9-10,12H,1-3H3/t4-,5?,6+,7?,9+/m0/s1. The second-order valence-corrected chi connectivity index (χ2v) is 3.36. The molecule has 0 aromatic carbocycles. The summed E-state index contributed by atoms with van der Waals surface area (Å²) in [6.45, 7) is 0. The fourth-order valence-electron chi connectivity index (χ4n) is 1.67. The van der Waals surface area contributed by atoms with Crippen molar-refractivity contribution in [1.29, 1.82) is 0 Å². The van der Waals surface area contributed by atoms with Gasteiger partial charge in [0.2, 0.25) is 0 Å². The molecule has 16 heavy (non-hydrogen) atoms. The first-order valence-corrected chi connectivity index (χ1v) is 4.71. The molecule has 94 valence electrons. The molecule has 1 rings (SSSR count). The first-order valence-electron chi connectivity index (χ1n) is 4.71. The molecule has 5 atom stereocenters. The Bertz CT molecular complexity index is 244. The van der Waals surface area contributed by atoms with Gasteiger partial charge >= 0.3 is 5.97 Å². The van der Waals surface area contributed by atoms with Crippen molar-refractivity contribution in [2.24, 2.45) is 0 Å². The predicted octanol–water partition coefficient (Wildman–Crippen LogP) is -1.73. The highest BCUT2D eigenvalue weighted by Crippen LogP contribution is 2.24. The Morgan fingerprint density at radius 3 is 2.12 bits per heavy atom. The van der Waals surface area contributed by atoms with Crippen molar-refractivity contribution in [3.05, 3.63) is 0 Å². The molecule has 1 fully saturated rings. The monoisotopic (exact) mass is 236 g/mol. The van der Waals surface area contributed by atoms with Gasteiger partial charge in [0.1, 0.15) is 18.3 Å². The number of hydrogen-bond donors (Lipinski definition) is 2. The Balaban J connectivity index is 2.84. The van der Waals surface area contributed by atoms with Crippen LogP contribution in [0.5, 0.6) is 0 Å². The molecule has 2 N–H and O–H groups in total. The van der Waals surface area contributed by atoms with Gasteiger partial charge in [-0.3, -0.25) is 0 Å². The maximum absolute atomic E-state index is 11.3. The van der Waals surface area contributed by atoms with E-state index in [1.807, 2.05) is 0 Å². The smallest absolute Gasteiger partial charge is 0.337 e. The van der Waals surface area contributed by atoms with Crippen LogP contribution in [0.25, 0.3) is 0 Å². The molecule has 0 aliphatic carbocycles. The third-order valence-electron chi connectivity index (χ3n) is 2.52. The van der Waals surface area contributed by atoms with E-state index >= 15 is 0 Å². The third kappa shape index (κ3) is 2.33. The normalized spacial score (nSPS) is 39.4. The molecule has 0 radical (unpaired) electrons. The summed E-state index contributed by atoms with van der Waals surface area (Å²) in [6, 6.07) is 0. The predicted molar refractivity (Wildman–Crippen MR) is 50.5 cm³/mol. The van der Waals surface area contributed by atoms with Crippen LogP contribution >= 0.6 is 0 Å². The van der Waals surface area contributed by atoms with Crippen molar-refractivity contribution in [1.82, 2.24) is 0 Å². The molecule has 1 aliphatic heterocycles. The van der Waals surface area contributed by atoms with E-state index in [2.05, 4.69) is 4.74 Å². The number of methoxy groups -OCH3 is 3. The van der Waals surface area contributed by atoms with Crippen LogP contribution in [0, 0.1) is 0 Å². The average molecular weight is 236 g/mol. The van der Waals surface area contributed by atoms with Crippen molar-refractivity contribution in [3.63, 3.8) is 0 Å².